The first kappa shape index (κ1) is 144. The Hall–Kier alpha value is 4.46. The predicted octanol–water partition coefficient (Wildman–Crippen LogP) is 28.1. The first-order valence-electron chi connectivity index (χ1n) is 30.9. The fourth-order valence-corrected chi connectivity index (χ4v) is 6.63. The van der Waals surface area contributed by atoms with Crippen molar-refractivity contribution in [1.29, 1.82) is 0 Å². The number of unbranched alkanes of at least 4 members (excludes halogenated alkanes) is 1. The molecular formula is C71H166La4N8-16. The maximum Gasteiger partial charge on any atom is 0 e. The molecule has 0 amide bonds. The summed E-state index contributed by atoms with van der Waals surface area (Å²) in [6.07, 6.45) is 35.9. The van der Waals surface area contributed by atoms with Crippen LogP contribution in [-0.2, 0) is 0 Å². The van der Waals surface area contributed by atoms with E-state index < -0.39 is 0 Å². The summed E-state index contributed by atoms with van der Waals surface area (Å²) in [5.41, 5.74) is 0.0537. The molecule has 12 heteroatoms. The Labute approximate surface area is 650 Å². The molecule has 0 spiro atoms. The molecule has 4 rings (SSSR count). The molecule has 4 atom stereocenters. The summed E-state index contributed by atoms with van der Waals surface area (Å²) in [7, 11) is 0. The molecule has 8 nitrogen and oxygen atoms in total. The average molecular weight is 1690 g/mol. The van der Waals surface area contributed by atoms with Crippen LogP contribution in [0.3, 0.4) is 0 Å². The van der Waals surface area contributed by atoms with Crippen LogP contribution in [0, 0.1) is 208 Å². The largest absolute Gasteiger partial charge is 0.678 e. The van der Waals surface area contributed by atoms with E-state index in [0.29, 0.717) is 18.1 Å². The number of hydrogen-bond donors (Lipinski definition) is 0. The molecule has 4 radical (unpaired) electrons. The van der Waals surface area contributed by atoms with E-state index >= 15 is 0 Å². The van der Waals surface area contributed by atoms with E-state index in [1.165, 1.54) is 154 Å². The van der Waals surface area contributed by atoms with Gasteiger partial charge in [-0.3, -0.25) is 0 Å². The van der Waals surface area contributed by atoms with Crippen LogP contribution in [-0.4, -0.2) is 74.5 Å². The van der Waals surface area contributed by atoms with Crippen LogP contribution in [0.15, 0.2) is 0 Å². The molecule has 0 heterocycles. The van der Waals surface area contributed by atoms with E-state index in [2.05, 4.69) is 167 Å². The van der Waals surface area contributed by atoms with Crippen LogP contribution in [0.5, 0.6) is 0 Å². The van der Waals surface area contributed by atoms with Crippen LogP contribution in [0.25, 0.3) is 42.5 Å². The molecule has 4 aliphatic carbocycles. The van der Waals surface area contributed by atoms with Gasteiger partial charge in [0.05, 0.1) is 0 Å². The van der Waals surface area contributed by atoms with Gasteiger partial charge in [-0.25, -0.2) is 24.7 Å². The Morgan fingerprint density at radius 2 is 0.386 bits per heavy atom. The Kier molecular flexibility index (Phi) is 220. The van der Waals surface area contributed by atoms with Gasteiger partial charge in [-0.05, 0) is 5.92 Å². The zero-order valence-corrected chi connectivity index (χ0v) is 79.3. The van der Waals surface area contributed by atoms with Gasteiger partial charge in [0, 0.05) is 142 Å². The number of hydrogen-bond acceptors (Lipinski definition) is 0. The van der Waals surface area contributed by atoms with E-state index in [-0.39, 0.29) is 232 Å². The van der Waals surface area contributed by atoms with Gasteiger partial charge in [0.2, 0.25) is 0 Å². The fourth-order valence-electron chi connectivity index (χ4n) is 6.63. The van der Waals surface area contributed by atoms with Crippen molar-refractivity contribution in [1.82, 2.24) is 0 Å². The monoisotopic (exact) mass is 1690 g/mol. The number of rotatable bonds is 16. The zero-order valence-electron chi connectivity index (χ0n) is 64.8. The summed E-state index contributed by atoms with van der Waals surface area (Å²) < 4.78 is 0. The maximum atomic E-state index is 4.43. The van der Waals surface area contributed by atoms with E-state index in [9.17, 15) is 0 Å². The van der Waals surface area contributed by atoms with Crippen molar-refractivity contribution in [3.63, 3.8) is 0 Å². The summed E-state index contributed by atoms with van der Waals surface area (Å²) in [4.78, 5) is 0. The molecule has 4 saturated carbocycles. The summed E-state index contributed by atoms with van der Waals surface area (Å²) in [6.45, 7) is 57.8. The molecule has 83 heavy (non-hydrogen) atoms. The molecule has 0 bridgehead atoms. The molecule has 0 N–H and O–H groups in total. The van der Waals surface area contributed by atoms with Crippen LogP contribution in [0.1, 0.15) is 334 Å². The van der Waals surface area contributed by atoms with Gasteiger partial charge in [0.1, 0.15) is 0 Å². The Morgan fingerprint density at radius 3 is 0.470 bits per heavy atom. The van der Waals surface area contributed by atoms with Gasteiger partial charge in [0.25, 0.3) is 0 Å². The third-order valence-corrected chi connectivity index (χ3v) is 9.40. The smallest absolute Gasteiger partial charge is 0 e. The van der Waals surface area contributed by atoms with Crippen molar-refractivity contribution in [2.24, 2.45) is 5.92 Å². The first-order chi connectivity index (χ1) is 33.4. The van der Waals surface area contributed by atoms with Crippen LogP contribution < -0.4 is 0 Å². The van der Waals surface area contributed by atoms with Crippen LogP contribution in [0.4, 0.5) is 0 Å². The fraction of sp³-hybridized carbons (Fsp3) is 0.887. The minimum Gasteiger partial charge on any atom is -0.678 e. The van der Waals surface area contributed by atoms with Crippen molar-refractivity contribution < 1.29 is 142 Å². The SMILES string of the molecule is C1CCCC1.C1CCCC1.C1CCCC1.C1CCCC1.CC(C)C.CCC.CCC.CCCC.CC[N-]C(C)[N-]C(C)(C)C.CC[N-]C(C)[N-]C(C)C.CC[N-]C(C)[N-]C(C)C.CC[N-]C(C)[N-]C(C)C.[CH3-].[CH3-].[CH3-].[CH3-].[CH3-].[CH3-].[CH3-].[CH3-].[La].[La].[La].[La]. The van der Waals surface area contributed by atoms with Crippen LogP contribution in [0.2, 0.25) is 0 Å². The summed E-state index contributed by atoms with van der Waals surface area (Å²) >= 11 is 0. The average Bonchev–Trinajstić information content (AvgIpc) is 4.13. The van der Waals surface area contributed by atoms with Crippen molar-refractivity contribution >= 4 is 0 Å². The molecule has 4 aliphatic rings. The third-order valence-electron chi connectivity index (χ3n) is 9.40. The van der Waals surface area contributed by atoms with E-state index in [0.717, 1.165) is 32.1 Å². The molecule has 0 saturated heterocycles. The van der Waals surface area contributed by atoms with Gasteiger partial charge in [-0.1, -0.05) is 306 Å². The van der Waals surface area contributed by atoms with Gasteiger partial charge < -0.3 is 102 Å². The zero-order chi connectivity index (χ0) is 56.6. The third kappa shape index (κ3) is 208. The predicted molar refractivity (Wildman–Crippen MR) is 389 cm³/mol. The van der Waals surface area contributed by atoms with Crippen LogP contribution >= 0.6 is 0 Å². The van der Waals surface area contributed by atoms with E-state index in [4.69, 9.17) is 0 Å². The Balaban J connectivity index is -0.0000000290. The summed E-state index contributed by atoms with van der Waals surface area (Å²) in [6, 6.07) is 1.24. The molecule has 518 valence electrons. The maximum absolute atomic E-state index is 4.43. The molecule has 4 unspecified atom stereocenters. The molecular weight excluding hydrogens is 1520 g/mol. The van der Waals surface area contributed by atoms with Crippen molar-refractivity contribution in [3.05, 3.63) is 102 Å². The topological polar surface area (TPSA) is 113 Å². The minimum atomic E-state index is 0. The molecule has 0 aromatic heterocycles. The standard InChI is InChI=1S/C8H18N2.3C7H16N2.4C5H10.2C4H10.2C3H8.8CH3.4La/c1-6-9-7(2)10-8(3,4)5;3*1-5-8-7(4)9-6(2)3;4*1-2-4-5-3-1;1-4(2)3;1-3-4-2;2*1-3-2;;;;;;;;;;;;/h7H,6H2,1-5H3;3*6-7H,5H2,1-4H3;4*1-5H2;4H,1-3H3;3-4H2,1-2H3;2*3H2,1-2H3;8*1H3;;;;/q4*-2;;;;;;;;;8*-1;;;;. The molecule has 4 fully saturated rings. The van der Waals surface area contributed by atoms with Crippen molar-refractivity contribution in [3.8, 4) is 0 Å². The second-order valence-corrected chi connectivity index (χ2v) is 21.8. The molecule has 0 aromatic rings. The Morgan fingerprint density at radius 1 is 0.265 bits per heavy atom. The Bertz CT molecular complexity index is 705. The van der Waals surface area contributed by atoms with Gasteiger partial charge in [-0.2, -0.15) is 26.2 Å². The second-order valence-electron chi connectivity index (χ2n) is 21.8. The second kappa shape index (κ2) is 127. The normalized spacial score (nSPS) is 13.5. The number of nitrogens with zero attached hydrogens (tertiary/aromatic N) is 8. The van der Waals surface area contributed by atoms with Crippen molar-refractivity contribution in [2.75, 3.05) is 26.2 Å². The van der Waals surface area contributed by atoms with Gasteiger partial charge in [-0.15, -0.1) is 51.4 Å². The minimum absolute atomic E-state index is 0. The van der Waals surface area contributed by atoms with E-state index in [1.807, 2.05) is 55.4 Å². The quantitative estimate of drug-likeness (QED) is 0.137. The first-order valence-corrected chi connectivity index (χ1v) is 30.9. The molecule has 0 aliphatic heterocycles. The van der Waals surface area contributed by atoms with Gasteiger partial charge >= 0.3 is 0 Å². The summed E-state index contributed by atoms with van der Waals surface area (Å²) in [5, 5.41) is 34.2. The van der Waals surface area contributed by atoms with Gasteiger partial charge in [0.15, 0.2) is 0 Å². The molecule has 0 aromatic carbocycles. The van der Waals surface area contributed by atoms with Crippen molar-refractivity contribution in [2.45, 2.75) is 382 Å². The summed E-state index contributed by atoms with van der Waals surface area (Å²) in [5.74, 6) is 0.833. The van der Waals surface area contributed by atoms with E-state index in [1.54, 1.807) is 0 Å².